The molecule has 5 aromatic rings. The smallest absolute Gasteiger partial charge is 0.189 e. The summed E-state index contributed by atoms with van der Waals surface area (Å²) in [7, 11) is 0. The maximum Gasteiger partial charge on any atom is 0.189 e. The molecule has 0 amide bonds. The molecule has 0 fully saturated rings. The zero-order chi connectivity index (χ0) is 32.3. The molecule has 0 spiro atoms. The summed E-state index contributed by atoms with van der Waals surface area (Å²) in [6, 6.07) is 16.4. The van der Waals surface area contributed by atoms with E-state index in [0.717, 1.165) is 19.3 Å². The van der Waals surface area contributed by atoms with Gasteiger partial charge in [-0.1, -0.05) is 128 Å². The van der Waals surface area contributed by atoms with Crippen LogP contribution in [0.25, 0.3) is 43.5 Å². The third kappa shape index (κ3) is 7.42. The largest absolute Gasteiger partial charge is 0.455 e. The summed E-state index contributed by atoms with van der Waals surface area (Å²) in [5.41, 5.74) is 1.34. The molecule has 0 aliphatic heterocycles. The van der Waals surface area contributed by atoms with E-state index in [9.17, 15) is 20.1 Å². The molecule has 1 aromatic heterocycles. The fourth-order valence-corrected chi connectivity index (χ4v) is 7.11. The second-order valence-corrected chi connectivity index (χ2v) is 13.0. The van der Waals surface area contributed by atoms with Gasteiger partial charge in [0.05, 0.1) is 17.2 Å². The van der Waals surface area contributed by atoms with Crippen molar-refractivity contribution in [3.8, 4) is 12.1 Å². The zero-order valence-electron chi connectivity index (χ0n) is 27.4. The van der Waals surface area contributed by atoms with E-state index < -0.39 is 0 Å². The number of unbranched alkanes of at least 4 members (excludes halogenated alkanes) is 16. The highest BCUT2D eigenvalue weighted by Crippen LogP contribution is 2.40. The van der Waals surface area contributed by atoms with Crippen molar-refractivity contribution in [1.29, 1.82) is 10.5 Å². The van der Waals surface area contributed by atoms with E-state index in [1.54, 1.807) is 12.1 Å². The predicted molar refractivity (Wildman–Crippen MR) is 190 cm³/mol. The number of fused-ring (bicyclic) bond motifs is 2. The second-order valence-electron chi connectivity index (χ2n) is 13.0. The lowest BCUT2D eigenvalue weighted by molar-refractivity contribution is 0.527. The highest BCUT2D eigenvalue weighted by atomic mass is 16.3. The lowest BCUT2D eigenvalue weighted by Gasteiger charge is -2.12. The van der Waals surface area contributed by atoms with Gasteiger partial charge in [-0.05, 0) is 37.1 Å². The molecule has 0 saturated carbocycles. The van der Waals surface area contributed by atoms with Gasteiger partial charge in [0.2, 0.25) is 0 Å². The molecule has 0 saturated heterocycles. The van der Waals surface area contributed by atoms with Crippen molar-refractivity contribution in [2.75, 3.05) is 0 Å². The first-order valence-electron chi connectivity index (χ1n) is 17.6. The highest BCUT2D eigenvalue weighted by Gasteiger charge is 2.22. The van der Waals surface area contributed by atoms with E-state index in [-0.39, 0.29) is 16.4 Å². The Hall–Kier alpha value is -4.22. The minimum Gasteiger partial charge on any atom is -0.455 e. The minimum atomic E-state index is -0.286. The molecule has 1 heterocycles. The molecular formula is C41H46N2O3. The number of para-hydroxylation sites is 1. The Labute approximate surface area is 272 Å². The molecule has 46 heavy (non-hydrogen) atoms. The van der Waals surface area contributed by atoms with Crippen LogP contribution in [0.3, 0.4) is 0 Å². The van der Waals surface area contributed by atoms with E-state index in [1.165, 1.54) is 102 Å². The molecule has 4 aromatic carbocycles. The summed E-state index contributed by atoms with van der Waals surface area (Å²) in [5, 5.41) is 23.1. The number of rotatable bonds is 18. The van der Waals surface area contributed by atoms with Crippen LogP contribution in [0.2, 0.25) is 0 Å². The number of benzene rings is 3. The van der Waals surface area contributed by atoms with E-state index in [2.05, 4.69) is 19.1 Å². The third-order valence-corrected chi connectivity index (χ3v) is 9.62. The van der Waals surface area contributed by atoms with Crippen molar-refractivity contribution < 1.29 is 4.42 Å². The first kappa shape index (κ1) is 33.2. The summed E-state index contributed by atoms with van der Waals surface area (Å²) in [5.74, 6) is 0. The van der Waals surface area contributed by atoms with Crippen LogP contribution >= 0.6 is 0 Å². The summed E-state index contributed by atoms with van der Waals surface area (Å²) in [6.45, 7) is 2.27. The van der Waals surface area contributed by atoms with Gasteiger partial charge in [-0.2, -0.15) is 10.5 Å². The Kier molecular flexibility index (Phi) is 11.8. The van der Waals surface area contributed by atoms with Gasteiger partial charge in [0, 0.05) is 37.9 Å². The fourth-order valence-electron chi connectivity index (χ4n) is 7.11. The maximum atomic E-state index is 13.9. The zero-order valence-corrected chi connectivity index (χ0v) is 27.4. The van der Waals surface area contributed by atoms with Gasteiger partial charge < -0.3 is 4.42 Å². The van der Waals surface area contributed by atoms with Gasteiger partial charge in [0.1, 0.15) is 11.7 Å². The van der Waals surface area contributed by atoms with Crippen LogP contribution in [-0.2, 0) is 6.42 Å². The summed E-state index contributed by atoms with van der Waals surface area (Å²) >= 11 is 0. The van der Waals surface area contributed by atoms with Crippen molar-refractivity contribution in [2.24, 2.45) is 0 Å². The van der Waals surface area contributed by atoms with Gasteiger partial charge in [-0.25, -0.2) is 0 Å². The van der Waals surface area contributed by atoms with Gasteiger partial charge in [-0.3, -0.25) is 9.59 Å². The lowest BCUT2D eigenvalue weighted by atomic mass is 9.91. The van der Waals surface area contributed by atoms with Crippen LogP contribution in [-0.4, -0.2) is 0 Å². The van der Waals surface area contributed by atoms with E-state index in [0.29, 0.717) is 61.0 Å². The molecule has 0 radical (unpaired) electrons. The first-order chi connectivity index (χ1) is 22.6. The van der Waals surface area contributed by atoms with Crippen LogP contribution in [0, 0.1) is 22.7 Å². The second kappa shape index (κ2) is 16.4. The Bertz CT molecular complexity index is 1990. The minimum absolute atomic E-state index is 0.213. The van der Waals surface area contributed by atoms with Gasteiger partial charge in [0.15, 0.2) is 16.4 Å². The average Bonchev–Trinajstić information content (AvgIpc) is 3.17. The molecule has 0 atom stereocenters. The van der Waals surface area contributed by atoms with Crippen LogP contribution in [0.4, 0.5) is 0 Å². The van der Waals surface area contributed by atoms with Crippen LogP contribution in [0.1, 0.15) is 133 Å². The van der Waals surface area contributed by atoms with Crippen molar-refractivity contribution in [3.63, 3.8) is 0 Å². The molecular weight excluding hydrogens is 568 g/mol. The molecule has 238 valence electrons. The number of nitrogens with zero attached hydrogens (tertiary/aromatic N) is 2. The summed E-state index contributed by atoms with van der Waals surface area (Å²) in [4.78, 5) is 27.5. The maximum absolute atomic E-state index is 13.9. The molecule has 5 heteroatoms. The van der Waals surface area contributed by atoms with Crippen LogP contribution < -0.4 is 10.9 Å². The molecule has 5 rings (SSSR count). The Morgan fingerprint density at radius 3 is 1.72 bits per heavy atom. The van der Waals surface area contributed by atoms with Crippen molar-refractivity contribution in [3.05, 3.63) is 79.6 Å². The number of hydrogen-bond acceptors (Lipinski definition) is 5. The van der Waals surface area contributed by atoms with Crippen LogP contribution in [0.15, 0.2) is 56.5 Å². The molecule has 0 unspecified atom stereocenters. The molecule has 0 N–H and O–H groups in total. The standard InChI is InChI=1S/C41H46N2O3/c1-2-3-4-5-6-7-8-9-10-11-12-13-14-15-16-17-18-21-29-26-35(44)33-25-31(28-43)41-39-37(32-22-19-20-23-36(32)46-41)30(27-42)24-34(38(33)39)40(29)45/h19-20,22-26H,2-18,21H2,1H3. The number of hydrogen-bond donors (Lipinski definition) is 0. The van der Waals surface area contributed by atoms with Gasteiger partial charge in [0.25, 0.3) is 0 Å². The molecule has 0 aliphatic rings. The number of aryl methyl sites for hydroxylation is 1. The predicted octanol–water partition coefficient (Wildman–Crippen LogP) is 11.0. The van der Waals surface area contributed by atoms with Gasteiger partial charge in [-0.15, -0.1) is 0 Å². The Balaban J connectivity index is 1.21. The van der Waals surface area contributed by atoms with Crippen LogP contribution in [0.5, 0.6) is 0 Å². The molecule has 5 nitrogen and oxygen atoms in total. The topological polar surface area (TPSA) is 94.9 Å². The van der Waals surface area contributed by atoms with Crippen molar-refractivity contribution in [1.82, 2.24) is 0 Å². The van der Waals surface area contributed by atoms with E-state index >= 15 is 0 Å². The SMILES string of the molecule is CCCCCCCCCCCCCCCCCCCc1cc(=O)c2cc(C#N)c3oc4ccccc4c4c(C#N)cc(c1=O)c2c34. The quantitative estimate of drug-likeness (QED) is 0.0556. The van der Waals surface area contributed by atoms with Gasteiger partial charge >= 0.3 is 0 Å². The summed E-state index contributed by atoms with van der Waals surface area (Å²) in [6.07, 6.45) is 22.4. The Morgan fingerprint density at radius 1 is 0.587 bits per heavy atom. The lowest BCUT2D eigenvalue weighted by Crippen LogP contribution is -2.08. The first-order valence-corrected chi connectivity index (χ1v) is 17.6. The third-order valence-electron chi connectivity index (χ3n) is 9.62. The van der Waals surface area contributed by atoms with E-state index in [1.807, 2.05) is 18.2 Å². The normalized spacial score (nSPS) is 11.5. The van der Waals surface area contributed by atoms with E-state index in [4.69, 9.17) is 4.42 Å². The molecule has 0 bridgehead atoms. The summed E-state index contributed by atoms with van der Waals surface area (Å²) < 4.78 is 6.18. The monoisotopic (exact) mass is 614 g/mol. The average molecular weight is 615 g/mol. The highest BCUT2D eigenvalue weighted by molar-refractivity contribution is 6.28. The Morgan fingerprint density at radius 2 is 1.13 bits per heavy atom. The van der Waals surface area contributed by atoms with Crippen molar-refractivity contribution >= 4 is 43.5 Å². The fraction of sp³-hybridized carbons (Fsp3) is 0.463. The van der Waals surface area contributed by atoms with Crippen molar-refractivity contribution in [2.45, 2.75) is 122 Å². The molecule has 0 aliphatic carbocycles. The number of nitriles is 2.